The van der Waals surface area contributed by atoms with Gasteiger partial charge in [0.25, 0.3) is 5.91 Å². The Balaban J connectivity index is 2.07. The number of nitro benzene ring substituents is 1. The number of hydrogen-bond acceptors (Lipinski definition) is 5. The lowest BCUT2D eigenvalue weighted by atomic mass is 10.2. The van der Waals surface area contributed by atoms with Gasteiger partial charge in [-0.15, -0.1) is 0 Å². The van der Waals surface area contributed by atoms with Gasteiger partial charge in [-0.05, 0) is 25.1 Å². The molecule has 0 aliphatic heterocycles. The molecule has 0 spiro atoms. The van der Waals surface area contributed by atoms with Crippen LogP contribution in [0.4, 0.5) is 10.1 Å². The van der Waals surface area contributed by atoms with Gasteiger partial charge in [-0.25, -0.2) is 9.97 Å². The van der Waals surface area contributed by atoms with Gasteiger partial charge in [0, 0.05) is 17.8 Å². The lowest BCUT2D eigenvalue weighted by Crippen LogP contribution is -2.23. The number of carbonyl (C=O) groups is 1. The normalized spacial score (nSPS) is 10.2. The molecule has 1 aromatic carbocycles. The van der Waals surface area contributed by atoms with Crippen molar-refractivity contribution in [3.05, 3.63) is 63.5 Å². The first-order valence-corrected chi connectivity index (χ1v) is 5.98. The first-order valence-electron chi connectivity index (χ1n) is 5.98. The van der Waals surface area contributed by atoms with Crippen LogP contribution in [0.2, 0.25) is 0 Å². The minimum Gasteiger partial charge on any atom is -0.346 e. The summed E-state index contributed by atoms with van der Waals surface area (Å²) in [6.07, 6.45) is 1.56. The van der Waals surface area contributed by atoms with Crippen LogP contribution in [0.3, 0.4) is 0 Å². The lowest BCUT2D eigenvalue weighted by molar-refractivity contribution is -0.387. The van der Waals surface area contributed by atoms with Gasteiger partial charge in [0.1, 0.15) is 5.82 Å². The summed E-state index contributed by atoms with van der Waals surface area (Å²) in [7, 11) is 0. The number of halogens is 1. The molecule has 0 fully saturated rings. The zero-order valence-electron chi connectivity index (χ0n) is 11.0. The fourth-order valence-electron chi connectivity index (χ4n) is 1.67. The zero-order valence-corrected chi connectivity index (χ0v) is 11.0. The van der Waals surface area contributed by atoms with Crippen molar-refractivity contribution >= 4 is 11.6 Å². The fourth-order valence-corrected chi connectivity index (χ4v) is 1.67. The SMILES string of the molecule is Cc1nccc(CNC(=O)c2ccc([N+](=O)[O-])c(F)c2)n1. The Morgan fingerprint density at radius 2 is 2.19 bits per heavy atom. The maximum absolute atomic E-state index is 13.4. The number of aryl methyl sites for hydroxylation is 1. The summed E-state index contributed by atoms with van der Waals surface area (Å²) in [4.78, 5) is 29.5. The highest BCUT2D eigenvalue weighted by Gasteiger charge is 2.16. The van der Waals surface area contributed by atoms with Crippen molar-refractivity contribution in [3.8, 4) is 0 Å². The standard InChI is InChI=1S/C13H11FN4O3/c1-8-15-5-4-10(17-8)7-16-13(19)9-2-3-12(18(20)21)11(14)6-9/h2-6H,7H2,1H3,(H,16,19). The Bertz CT molecular complexity index is 706. The molecule has 0 bridgehead atoms. The summed E-state index contributed by atoms with van der Waals surface area (Å²) in [6, 6.07) is 4.63. The predicted octanol–water partition coefficient (Wildman–Crippen LogP) is 1.76. The number of carbonyl (C=O) groups excluding carboxylic acids is 1. The van der Waals surface area contributed by atoms with Crippen molar-refractivity contribution in [2.45, 2.75) is 13.5 Å². The lowest BCUT2D eigenvalue weighted by Gasteiger charge is -2.05. The molecule has 0 aliphatic rings. The second kappa shape index (κ2) is 6.04. The quantitative estimate of drug-likeness (QED) is 0.683. The summed E-state index contributed by atoms with van der Waals surface area (Å²) in [5, 5.41) is 13.0. The largest absolute Gasteiger partial charge is 0.346 e. The maximum atomic E-state index is 13.4. The molecule has 0 aliphatic carbocycles. The predicted molar refractivity (Wildman–Crippen MR) is 71.0 cm³/mol. The number of nitro groups is 1. The molecule has 21 heavy (non-hydrogen) atoms. The van der Waals surface area contributed by atoms with Crippen molar-refractivity contribution in [1.82, 2.24) is 15.3 Å². The molecule has 0 radical (unpaired) electrons. The van der Waals surface area contributed by atoms with E-state index in [-0.39, 0.29) is 12.1 Å². The molecule has 0 atom stereocenters. The van der Waals surface area contributed by atoms with E-state index in [4.69, 9.17) is 0 Å². The van der Waals surface area contributed by atoms with Crippen LogP contribution in [-0.2, 0) is 6.54 Å². The van der Waals surface area contributed by atoms with Crippen LogP contribution >= 0.6 is 0 Å². The number of amides is 1. The van der Waals surface area contributed by atoms with Gasteiger partial charge in [0.2, 0.25) is 5.82 Å². The van der Waals surface area contributed by atoms with Gasteiger partial charge in [-0.2, -0.15) is 4.39 Å². The number of rotatable bonds is 4. The number of nitrogens with zero attached hydrogens (tertiary/aromatic N) is 3. The van der Waals surface area contributed by atoms with Crippen LogP contribution < -0.4 is 5.32 Å². The van der Waals surface area contributed by atoms with Crippen LogP contribution in [0, 0.1) is 22.9 Å². The van der Waals surface area contributed by atoms with E-state index in [0.29, 0.717) is 11.5 Å². The van der Waals surface area contributed by atoms with Crippen molar-refractivity contribution in [2.75, 3.05) is 0 Å². The number of hydrogen-bond donors (Lipinski definition) is 1. The van der Waals surface area contributed by atoms with E-state index in [1.807, 2.05) is 0 Å². The Kier molecular flexibility index (Phi) is 4.17. The molecule has 2 rings (SSSR count). The zero-order chi connectivity index (χ0) is 15.4. The number of benzene rings is 1. The van der Waals surface area contributed by atoms with Crippen LogP contribution in [0.1, 0.15) is 21.9 Å². The minimum atomic E-state index is -1.05. The summed E-state index contributed by atoms with van der Waals surface area (Å²) in [6.45, 7) is 1.87. The number of nitrogens with one attached hydrogen (secondary N) is 1. The smallest absolute Gasteiger partial charge is 0.304 e. The van der Waals surface area contributed by atoms with Gasteiger partial charge >= 0.3 is 5.69 Å². The molecule has 0 unspecified atom stereocenters. The van der Waals surface area contributed by atoms with Crippen molar-refractivity contribution in [3.63, 3.8) is 0 Å². The van der Waals surface area contributed by atoms with Gasteiger partial charge in [0.15, 0.2) is 0 Å². The van der Waals surface area contributed by atoms with Crippen LogP contribution in [-0.4, -0.2) is 20.8 Å². The molecule has 1 aromatic heterocycles. The monoisotopic (exact) mass is 290 g/mol. The van der Waals surface area contributed by atoms with E-state index >= 15 is 0 Å². The topological polar surface area (TPSA) is 98.0 Å². The molecule has 0 saturated heterocycles. The molecule has 1 N–H and O–H groups in total. The van der Waals surface area contributed by atoms with Gasteiger partial charge in [-0.3, -0.25) is 14.9 Å². The van der Waals surface area contributed by atoms with Crippen molar-refractivity contribution < 1.29 is 14.1 Å². The van der Waals surface area contributed by atoms with E-state index in [2.05, 4.69) is 15.3 Å². The summed E-state index contributed by atoms with van der Waals surface area (Å²) >= 11 is 0. The third-order valence-electron chi connectivity index (χ3n) is 2.67. The van der Waals surface area contributed by atoms with Crippen molar-refractivity contribution in [2.24, 2.45) is 0 Å². The highest BCUT2D eigenvalue weighted by atomic mass is 19.1. The Hall–Kier alpha value is -2.90. The average Bonchev–Trinajstić information content (AvgIpc) is 2.44. The summed E-state index contributed by atoms with van der Waals surface area (Å²) < 4.78 is 13.4. The van der Waals surface area contributed by atoms with E-state index in [1.165, 1.54) is 6.07 Å². The van der Waals surface area contributed by atoms with E-state index in [0.717, 1.165) is 12.1 Å². The molecule has 8 heteroatoms. The third kappa shape index (κ3) is 3.56. The second-order valence-electron chi connectivity index (χ2n) is 4.20. The minimum absolute atomic E-state index is 0.00359. The average molecular weight is 290 g/mol. The third-order valence-corrected chi connectivity index (χ3v) is 2.67. The number of aromatic nitrogens is 2. The second-order valence-corrected chi connectivity index (χ2v) is 4.20. The highest BCUT2D eigenvalue weighted by Crippen LogP contribution is 2.17. The molecular formula is C13H11FN4O3. The van der Waals surface area contributed by atoms with Crippen LogP contribution in [0.5, 0.6) is 0 Å². The summed E-state index contributed by atoms with van der Waals surface area (Å²) in [5.41, 5.74) is -0.0555. The van der Waals surface area contributed by atoms with Crippen LogP contribution in [0.25, 0.3) is 0 Å². The first-order chi connectivity index (χ1) is 9.97. The van der Waals surface area contributed by atoms with E-state index in [9.17, 15) is 19.3 Å². The Morgan fingerprint density at radius 1 is 1.43 bits per heavy atom. The summed E-state index contributed by atoms with van der Waals surface area (Å²) in [5.74, 6) is -1.02. The Labute approximate surface area is 119 Å². The van der Waals surface area contributed by atoms with E-state index < -0.39 is 22.3 Å². The van der Waals surface area contributed by atoms with Gasteiger partial charge in [-0.1, -0.05) is 0 Å². The van der Waals surface area contributed by atoms with Gasteiger partial charge < -0.3 is 5.32 Å². The highest BCUT2D eigenvalue weighted by molar-refractivity contribution is 5.94. The maximum Gasteiger partial charge on any atom is 0.304 e. The molecule has 7 nitrogen and oxygen atoms in total. The van der Waals surface area contributed by atoms with Crippen LogP contribution in [0.15, 0.2) is 30.5 Å². The van der Waals surface area contributed by atoms with Gasteiger partial charge in [0.05, 0.1) is 17.2 Å². The fraction of sp³-hybridized carbons (Fsp3) is 0.154. The molecule has 1 amide bonds. The Morgan fingerprint density at radius 3 is 2.81 bits per heavy atom. The van der Waals surface area contributed by atoms with Crippen molar-refractivity contribution in [1.29, 1.82) is 0 Å². The molecule has 0 saturated carbocycles. The molecule has 1 heterocycles. The first kappa shape index (κ1) is 14.5. The molecule has 108 valence electrons. The molecular weight excluding hydrogens is 279 g/mol. The molecule has 2 aromatic rings. The van der Waals surface area contributed by atoms with E-state index in [1.54, 1.807) is 19.2 Å².